The van der Waals surface area contributed by atoms with Gasteiger partial charge in [0.1, 0.15) is 0 Å². The van der Waals surface area contributed by atoms with Crippen LogP contribution in [0.2, 0.25) is 0 Å². The summed E-state index contributed by atoms with van der Waals surface area (Å²) in [4.78, 5) is 7.03. The van der Waals surface area contributed by atoms with Gasteiger partial charge in [0.15, 0.2) is 5.13 Å². The van der Waals surface area contributed by atoms with Gasteiger partial charge in [-0.1, -0.05) is 17.4 Å². The van der Waals surface area contributed by atoms with E-state index in [1.165, 1.54) is 29.5 Å². The van der Waals surface area contributed by atoms with E-state index < -0.39 is 0 Å². The summed E-state index contributed by atoms with van der Waals surface area (Å²) in [6.45, 7) is 3.13. The number of thiazole rings is 1. The Balaban J connectivity index is 1.75. The van der Waals surface area contributed by atoms with E-state index in [0.29, 0.717) is 5.54 Å². The summed E-state index contributed by atoms with van der Waals surface area (Å²) in [5, 5.41) is 4.59. The third-order valence-electron chi connectivity index (χ3n) is 4.35. The number of nitrogens with one attached hydrogen (secondary N) is 1. The topological polar surface area (TPSA) is 28.2 Å². The Labute approximate surface area is 118 Å². The second kappa shape index (κ2) is 4.76. The number of likely N-dealkylation sites (N-methyl/N-ethyl adjacent to an activating group) is 1. The lowest BCUT2D eigenvalue weighted by molar-refractivity contribution is 0.0739. The van der Waals surface area contributed by atoms with E-state index in [-0.39, 0.29) is 0 Å². The van der Waals surface area contributed by atoms with E-state index in [1.54, 1.807) is 11.3 Å². The third-order valence-corrected chi connectivity index (χ3v) is 5.32. The number of rotatable bonds is 4. The monoisotopic (exact) mass is 275 g/mol. The van der Waals surface area contributed by atoms with Crippen LogP contribution in [-0.2, 0) is 0 Å². The zero-order chi connectivity index (χ0) is 13.5. The van der Waals surface area contributed by atoms with Crippen LogP contribution in [0.5, 0.6) is 0 Å². The Kier molecular flexibility index (Phi) is 3.23. The van der Waals surface area contributed by atoms with Crippen molar-refractivity contribution < 1.29 is 0 Å². The average molecular weight is 275 g/mol. The standard InChI is InChI=1S/C15H21N3S/c1-11-5-6-12-13(9-11)19-14(17-12)16-10-15(18(2)3)7-4-8-15/h5-6,9H,4,7-8,10H2,1-3H3,(H,16,17). The summed E-state index contributed by atoms with van der Waals surface area (Å²) in [5.74, 6) is 0. The molecule has 1 aliphatic rings. The maximum atomic E-state index is 4.66. The maximum absolute atomic E-state index is 4.66. The van der Waals surface area contributed by atoms with Gasteiger partial charge in [-0.15, -0.1) is 0 Å². The Hall–Kier alpha value is -1.13. The summed E-state index contributed by atoms with van der Waals surface area (Å²) in [5.41, 5.74) is 2.74. The van der Waals surface area contributed by atoms with Gasteiger partial charge < -0.3 is 10.2 Å². The predicted octanol–water partition coefficient (Wildman–Crippen LogP) is 3.50. The van der Waals surface area contributed by atoms with Crippen LogP contribution in [0, 0.1) is 6.92 Å². The molecule has 1 saturated carbocycles. The molecule has 102 valence electrons. The van der Waals surface area contributed by atoms with Crippen LogP contribution in [0.15, 0.2) is 18.2 Å². The van der Waals surface area contributed by atoms with E-state index in [9.17, 15) is 0 Å². The fraction of sp³-hybridized carbons (Fsp3) is 0.533. The Morgan fingerprint density at radius 2 is 2.16 bits per heavy atom. The molecule has 1 aromatic carbocycles. The van der Waals surface area contributed by atoms with E-state index >= 15 is 0 Å². The smallest absolute Gasteiger partial charge is 0.183 e. The molecule has 0 radical (unpaired) electrons. The van der Waals surface area contributed by atoms with Gasteiger partial charge in [-0.25, -0.2) is 4.98 Å². The lowest BCUT2D eigenvalue weighted by Gasteiger charge is -2.47. The van der Waals surface area contributed by atoms with Crippen molar-refractivity contribution in [2.75, 3.05) is 26.0 Å². The van der Waals surface area contributed by atoms with E-state index in [1.807, 2.05) is 0 Å². The Morgan fingerprint density at radius 1 is 1.37 bits per heavy atom. The van der Waals surface area contributed by atoms with Gasteiger partial charge in [0.2, 0.25) is 0 Å². The minimum absolute atomic E-state index is 0.341. The number of fused-ring (bicyclic) bond motifs is 1. The zero-order valence-corrected chi connectivity index (χ0v) is 12.7. The zero-order valence-electron chi connectivity index (χ0n) is 11.9. The molecule has 0 aliphatic heterocycles. The summed E-state index contributed by atoms with van der Waals surface area (Å²) in [6.07, 6.45) is 3.92. The molecule has 2 aromatic rings. The summed E-state index contributed by atoms with van der Waals surface area (Å²) in [6, 6.07) is 6.44. The van der Waals surface area contributed by atoms with E-state index in [2.05, 4.69) is 54.4 Å². The summed E-state index contributed by atoms with van der Waals surface area (Å²) < 4.78 is 1.27. The first-order valence-electron chi connectivity index (χ1n) is 6.88. The molecule has 3 rings (SSSR count). The Bertz CT molecular complexity index is 584. The molecule has 0 atom stereocenters. The molecule has 1 aliphatic carbocycles. The van der Waals surface area contributed by atoms with Gasteiger partial charge in [0.05, 0.1) is 10.2 Å². The van der Waals surface area contributed by atoms with Crippen molar-refractivity contribution >= 4 is 26.7 Å². The van der Waals surface area contributed by atoms with Crippen molar-refractivity contribution in [2.45, 2.75) is 31.7 Å². The van der Waals surface area contributed by atoms with Crippen LogP contribution in [0.3, 0.4) is 0 Å². The van der Waals surface area contributed by atoms with Crippen LogP contribution in [-0.4, -0.2) is 36.1 Å². The minimum Gasteiger partial charge on any atom is -0.360 e. The summed E-state index contributed by atoms with van der Waals surface area (Å²) >= 11 is 1.76. The first-order valence-corrected chi connectivity index (χ1v) is 7.69. The molecule has 1 aromatic heterocycles. The SMILES string of the molecule is Cc1ccc2nc(NCC3(N(C)C)CCC3)sc2c1. The largest absolute Gasteiger partial charge is 0.360 e. The van der Waals surface area contributed by atoms with Gasteiger partial charge >= 0.3 is 0 Å². The second-order valence-electron chi connectivity index (χ2n) is 5.82. The molecule has 0 unspecified atom stereocenters. The number of aromatic nitrogens is 1. The van der Waals surface area contributed by atoms with Crippen LogP contribution in [0.25, 0.3) is 10.2 Å². The van der Waals surface area contributed by atoms with Crippen LogP contribution >= 0.6 is 11.3 Å². The van der Waals surface area contributed by atoms with Crippen molar-refractivity contribution in [1.82, 2.24) is 9.88 Å². The number of anilines is 1. The number of aryl methyl sites for hydroxylation is 1. The molecule has 19 heavy (non-hydrogen) atoms. The maximum Gasteiger partial charge on any atom is 0.183 e. The quantitative estimate of drug-likeness (QED) is 0.925. The van der Waals surface area contributed by atoms with Crippen LogP contribution in [0.4, 0.5) is 5.13 Å². The highest BCUT2D eigenvalue weighted by Gasteiger charge is 2.38. The van der Waals surface area contributed by atoms with E-state index in [0.717, 1.165) is 17.2 Å². The number of hydrogen-bond donors (Lipinski definition) is 1. The van der Waals surface area contributed by atoms with Crippen LogP contribution < -0.4 is 5.32 Å². The summed E-state index contributed by atoms with van der Waals surface area (Å²) in [7, 11) is 4.37. The lowest BCUT2D eigenvalue weighted by Crippen LogP contribution is -2.54. The van der Waals surface area contributed by atoms with Gasteiger partial charge in [-0.2, -0.15) is 0 Å². The van der Waals surface area contributed by atoms with Crippen molar-refractivity contribution in [3.8, 4) is 0 Å². The average Bonchev–Trinajstić information content (AvgIpc) is 2.68. The first kappa shape index (κ1) is 12.9. The first-order chi connectivity index (χ1) is 9.09. The molecular weight excluding hydrogens is 254 g/mol. The van der Waals surface area contributed by atoms with Crippen molar-refractivity contribution in [3.05, 3.63) is 23.8 Å². The van der Waals surface area contributed by atoms with Gasteiger partial charge in [-0.05, 0) is 58.0 Å². The normalized spacial score (nSPS) is 17.7. The molecule has 1 heterocycles. The molecule has 0 bridgehead atoms. The molecule has 0 amide bonds. The highest BCUT2D eigenvalue weighted by atomic mass is 32.1. The molecule has 1 fully saturated rings. The van der Waals surface area contributed by atoms with Crippen molar-refractivity contribution in [2.24, 2.45) is 0 Å². The highest BCUT2D eigenvalue weighted by molar-refractivity contribution is 7.22. The van der Waals surface area contributed by atoms with Gasteiger partial charge in [0, 0.05) is 12.1 Å². The Morgan fingerprint density at radius 3 is 2.79 bits per heavy atom. The molecule has 0 spiro atoms. The fourth-order valence-corrected chi connectivity index (χ4v) is 3.67. The lowest BCUT2D eigenvalue weighted by atomic mass is 9.75. The molecule has 1 N–H and O–H groups in total. The molecule has 3 nitrogen and oxygen atoms in total. The molecular formula is C15H21N3S. The number of benzene rings is 1. The number of hydrogen-bond acceptors (Lipinski definition) is 4. The molecule has 0 saturated heterocycles. The highest BCUT2D eigenvalue weighted by Crippen LogP contribution is 2.37. The molecule has 4 heteroatoms. The van der Waals surface area contributed by atoms with Gasteiger partial charge in [0.25, 0.3) is 0 Å². The minimum atomic E-state index is 0.341. The number of nitrogens with zero attached hydrogens (tertiary/aromatic N) is 2. The van der Waals surface area contributed by atoms with E-state index in [4.69, 9.17) is 0 Å². The van der Waals surface area contributed by atoms with Gasteiger partial charge in [-0.3, -0.25) is 0 Å². The predicted molar refractivity (Wildman–Crippen MR) is 83.1 cm³/mol. The van der Waals surface area contributed by atoms with Crippen LogP contribution in [0.1, 0.15) is 24.8 Å². The third kappa shape index (κ3) is 2.35. The second-order valence-corrected chi connectivity index (χ2v) is 6.85. The van der Waals surface area contributed by atoms with Crippen molar-refractivity contribution in [3.63, 3.8) is 0 Å². The fourth-order valence-electron chi connectivity index (χ4n) is 2.71. The van der Waals surface area contributed by atoms with Crippen molar-refractivity contribution in [1.29, 1.82) is 0 Å².